The molecule has 3 aromatic carbocycles. The van der Waals surface area contributed by atoms with Gasteiger partial charge in [0, 0.05) is 0 Å². The minimum atomic E-state index is -0.863. The van der Waals surface area contributed by atoms with Gasteiger partial charge in [-0.3, -0.25) is 14.9 Å². The summed E-state index contributed by atoms with van der Waals surface area (Å²) in [5.74, 6) is -0.629. The van der Waals surface area contributed by atoms with Gasteiger partial charge in [-0.1, -0.05) is 60.1 Å². The zero-order chi connectivity index (χ0) is 23.4. The molecular formula is C25H19ClN2O5. The van der Waals surface area contributed by atoms with Crippen molar-refractivity contribution < 1.29 is 23.9 Å². The van der Waals surface area contributed by atoms with Gasteiger partial charge in [0.25, 0.3) is 11.8 Å². The van der Waals surface area contributed by atoms with Gasteiger partial charge in [-0.2, -0.15) is 0 Å². The van der Waals surface area contributed by atoms with Crippen molar-refractivity contribution in [2.75, 3.05) is 12.0 Å². The Kier molecular flexibility index (Phi) is 6.42. The molecule has 8 heteroatoms. The number of urea groups is 1. The van der Waals surface area contributed by atoms with Crippen LogP contribution in [-0.4, -0.2) is 25.0 Å². The molecule has 1 aliphatic heterocycles. The van der Waals surface area contributed by atoms with Gasteiger partial charge in [0.2, 0.25) is 0 Å². The Hall–Kier alpha value is -4.10. The summed E-state index contributed by atoms with van der Waals surface area (Å²) >= 11 is 6.15. The van der Waals surface area contributed by atoms with Crippen LogP contribution in [0.15, 0.2) is 78.4 Å². The molecule has 0 radical (unpaired) electrons. The number of rotatable bonds is 6. The van der Waals surface area contributed by atoms with E-state index in [4.69, 9.17) is 21.1 Å². The molecule has 0 saturated carbocycles. The van der Waals surface area contributed by atoms with E-state index in [0.717, 1.165) is 10.5 Å². The molecule has 166 valence electrons. The number of carbonyl (C=O) groups is 3. The summed E-state index contributed by atoms with van der Waals surface area (Å²) in [6.07, 6.45) is 1.39. The SMILES string of the molecule is COc1cc(/C=C2\C(=O)NC(=O)N(c3ccccc3Cl)C2=O)ccc1OCc1ccccc1. The predicted molar refractivity (Wildman–Crippen MR) is 124 cm³/mol. The number of ether oxygens (including phenoxy) is 2. The van der Waals surface area contributed by atoms with Crippen molar-refractivity contribution in [3.63, 3.8) is 0 Å². The lowest BCUT2D eigenvalue weighted by atomic mass is 10.1. The third kappa shape index (κ3) is 4.73. The van der Waals surface area contributed by atoms with Gasteiger partial charge < -0.3 is 9.47 Å². The molecule has 1 N–H and O–H groups in total. The number of benzene rings is 3. The molecule has 1 heterocycles. The maximum Gasteiger partial charge on any atom is 0.335 e. The first-order valence-corrected chi connectivity index (χ1v) is 10.4. The van der Waals surface area contributed by atoms with Crippen molar-refractivity contribution in [2.24, 2.45) is 0 Å². The molecule has 1 fully saturated rings. The van der Waals surface area contributed by atoms with E-state index in [0.29, 0.717) is 23.7 Å². The number of carbonyl (C=O) groups excluding carboxylic acids is 3. The minimum Gasteiger partial charge on any atom is -0.493 e. The number of hydrogen-bond donors (Lipinski definition) is 1. The van der Waals surface area contributed by atoms with Crippen LogP contribution in [0.2, 0.25) is 5.02 Å². The first-order valence-electron chi connectivity index (χ1n) is 9.98. The van der Waals surface area contributed by atoms with E-state index in [1.165, 1.54) is 19.3 Å². The maximum atomic E-state index is 13.0. The normalized spacial score (nSPS) is 14.9. The van der Waals surface area contributed by atoms with E-state index in [2.05, 4.69) is 5.32 Å². The standard InChI is InChI=1S/C25H19ClN2O5/c1-32-22-14-17(11-12-21(22)33-15-16-7-3-2-4-8-16)13-18-23(29)27-25(31)28(24(18)30)20-10-6-5-9-19(20)26/h2-14H,15H2,1H3,(H,27,29,31)/b18-13+. The lowest BCUT2D eigenvalue weighted by molar-refractivity contribution is -0.122. The Labute approximate surface area is 195 Å². The van der Waals surface area contributed by atoms with Crippen LogP contribution in [0.3, 0.4) is 0 Å². The summed E-state index contributed by atoms with van der Waals surface area (Å²) < 4.78 is 11.3. The third-order valence-electron chi connectivity index (χ3n) is 4.93. The van der Waals surface area contributed by atoms with Crippen LogP contribution in [0.1, 0.15) is 11.1 Å². The van der Waals surface area contributed by atoms with Gasteiger partial charge in [0.15, 0.2) is 11.5 Å². The highest BCUT2D eigenvalue weighted by atomic mass is 35.5. The number of nitrogens with zero attached hydrogens (tertiary/aromatic N) is 1. The van der Waals surface area contributed by atoms with Crippen molar-refractivity contribution in [3.8, 4) is 11.5 Å². The van der Waals surface area contributed by atoms with Gasteiger partial charge in [0.1, 0.15) is 12.2 Å². The molecule has 7 nitrogen and oxygen atoms in total. The molecule has 0 aromatic heterocycles. The van der Waals surface area contributed by atoms with Crippen LogP contribution < -0.4 is 19.7 Å². The largest absolute Gasteiger partial charge is 0.493 e. The van der Waals surface area contributed by atoms with Crippen LogP contribution in [0.25, 0.3) is 6.08 Å². The number of nitrogens with one attached hydrogen (secondary N) is 1. The van der Waals surface area contributed by atoms with Crippen LogP contribution in [0.4, 0.5) is 10.5 Å². The quantitative estimate of drug-likeness (QED) is 0.427. The molecule has 0 atom stereocenters. The van der Waals surface area contributed by atoms with Crippen molar-refractivity contribution in [3.05, 3.63) is 94.5 Å². The van der Waals surface area contributed by atoms with Crippen LogP contribution in [-0.2, 0) is 16.2 Å². The lowest BCUT2D eigenvalue weighted by Gasteiger charge is -2.27. The fourth-order valence-electron chi connectivity index (χ4n) is 3.30. The van der Waals surface area contributed by atoms with Gasteiger partial charge in [-0.05, 0) is 41.5 Å². The van der Waals surface area contributed by atoms with Crippen molar-refractivity contribution in [2.45, 2.75) is 6.61 Å². The second-order valence-corrected chi connectivity index (χ2v) is 7.50. The second kappa shape index (κ2) is 9.58. The lowest BCUT2D eigenvalue weighted by Crippen LogP contribution is -2.54. The zero-order valence-corrected chi connectivity index (χ0v) is 18.3. The summed E-state index contributed by atoms with van der Waals surface area (Å²) in [5, 5.41) is 2.38. The van der Waals surface area contributed by atoms with Gasteiger partial charge >= 0.3 is 6.03 Å². The smallest absolute Gasteiger partial charge is 0.335 e. The predicted octanol–water partition coefficient (Wildman–Crippen LogP) is 4.59. The van der Waals surface area contributed by atoms with E-state index >= 15 is 0 Å². The fourth-order valence-corrected chi connectivity index (χ4v) is 3.52. The topological polar surface area (TPSA) is 84.9 Å². The molecule has 0 aliphatic carbocycles. The second-order valence-electron chi connectivity index (χ2n) is 7.09. The van der Waals surface area contributed by atoms with Gasteiger partial charge in [-0.15, -0.1) is 0 Å². The number of methoxy groups -OCH3 is 1. The highest BCUT2D eigenvalue weighted by molar-refractivity contribution is 6.42. The summed E-state index contributed by atoms with van der Waals surface area (Å²) in [6.45, 7) is 0.355. The first-order chi connectivity index (χ1) is 16.0. The highest BCUT2D eigenvalue weighted by Crippen LogP contribution is 2.31. The highest BCUT2D eigenvalue weighted by Gasteiger charge is 2.37. The van der Waals surface area contributed by atoms with E-state index < -0.39 is 17.8 Å². The first kappa shape index (κ1) is 22.1. The third-order valence-corrected chi connectivity index (χ3v) is 5.25. The van der Waals surface area contributed by atoms with Crippen LogP contribution >= 0.6 is 11.6 Å². The maximum absolute atomic E-state index is 13.0. The molecule has 3 aromatic rings. The molecule has 0 spiro atoms. The molecule has 0 unspecified atom stereocenters. The molecule has 33 heavy (non-hydrogen) atoms. The Morgan fingerprint density at radius 1 is 0.939 bits per heavy atom. The number of barbiturate groups is 1. The van der Waals surface area contributed by atoms with Crippen molar-refractivity contribution >= 4 is 41.2 Å². The van der Waals surface area contributed by atoms with Crippen LogP contribution in [0, 0.1) is 0 Å². The summed E-state index contributed by atoms with van der Waals surface area (Å²) in [7, 11) is 1.50. The Morgan fingerprint density at radius 2 is 1.67 bits per heavy atom. The van der Waals surface area contributed by atoms with E-state index in [9.17, 15) is 14.4 Å². The zero-order valence-electron chi connectivity index (χ0n) is 17.6. The monoisotopic (exact) mass is 462 g/mol. The van der Waals surface area contributed by atoms with E-state index in [1.54, 1.807) is 36.4 Å². The van der Waals surface area contributed by atoms with Crippen LogP contribution in [0.5, 0.6) is 11.5 Å². The molecule has 4 rings (SSSR count). The summed E-state index contributed by atoms with van der Waals surface area (Å²) in [6, 6.07) is 20.2. The molecule has 1 saturated heterocycles. The van der Waals surface area contributed by atoms with Crippen molar-refractivity contribution in [1.82, 2.24) is 5.32 Å². The minimum absolute atomic E-state index is 0.183. The Morgan fingerprint density at radius 3 is 2.39 bits per heavy atom. The number of para-hydroxylation sites is 1. The molecule has 1 aliphatic rings. The van der Waals surface area contributed by atoms with E-state index in [1.807, 2.05) is 30.3 Å². The van der Waals surface area contributed by atoms with E-state index in [-0.39, 0.29) is 16.3 Å². The van der Waals surface area contributed by atoms with Crippen molar-refractivity contribution in [1.29, 1.82) is 0 Å². The summed E-state index contributed by atoms with van der Waals surface area (Å²) in [5.41, 5.74) is 1.49. The number of hydrogen-bond acceptors (Lipinski definition) is 5. The molecule has 0 bridgehead atoms. The number of anilines is 1. The Bertz CT molecular complexity index is 1260. The average Bonchev–Trinajstić information content (AvgIpc) is 2.82. The molecule has 4 amide bonds. The number of imide groups is 2. The fraction of sp³-hybridized carbons (Fsp3) is 0.0800. The molecular weight excluding hydrogens is 444 g/mol. The van der Waals surface area contributed by atoms with Gasteiger partial charge in [-0.25, -0.2) is 9.69 Å². The Balaban J connectivity index is 1.61. The van der Waals surface area contributed by atoms with Gasteiger partial charge in [0.05, 0.1) is 17.8 Å². The average molecular weight is 463 g/mol. The number of halogens is 1. The number of amides is 4. The summed E-state index contributed by atoms with van der Waals surface area (Å²) in [4.78, 5) is 38.7.